The quantitative estimate of drug-likeness (QED) is 0.501. The maximum absolute atomic E-state index is 4.94. The SMILES string of the molecule is CC(=N/C(=C\C(C)C1C=C=CC=C1)c1cccc(C)n1)c1ccccc1. The molecule has 0 radical (unpaired) electrons. The lowest BCUT2D eigenvalue weighted by Gasteiger charge is -2.16. The minimum Gasteiger partial charge on any atom is -0.252 e. The van der Waals surface area contributed by atoms with Crippen molar-refractivity contribution in [2.75, 3.05) is 0 Å². The predicted molar refractivity (Wildman–Crippen MR) is 110 cm³/mol. The Morgan fingerprint density at radius 1 is 1.15 bits per heavy atom. The molecule has 1 aliphatic carbocycles. The molecule has 2 aromatic rings. The highest BCUT2D eigenvalue weighted by Gasteiger charge is 2.13. The molecule has 0 N–H and O–H groups in total. The molecule has 3 rings (SSSR count). The van der Waals surface area contributed by atoms with Crippen LogP contribution in [0.25, 0.3) is 5.70 Å². The first-order chi connectivity index (χ1) is 12.6. The first-order valence-corrected chi connectivity index (χ1v) is 8.99. The van der Waals surface area contributed by atoms with Crippen LogP contribution in [0, 0.1) is 18.8 Å². The molecule has 2 atom stereocenters. The number of nitrogens with zero attached hydrogens (tertiary/aromatic N) is 2. The summed E-state index contributed by atoms with van der Waals surface area (Å²) in [7, 11) is 0. The highest BCUT2D eigenvalue weighted by atomic mass is 14.8. The molecule has 1 aliphatic rings. The zero-order valence-electron chi connectivity index (χ0n) is 15.6. The van der Waals surface area contributed by atoms with Gasteiger partial charge in [0.1, 0.15) is 0 Å². The van der Waals surface area contributed by atoms with Gasteiger partial charge in [0.05, 0.1) is 11.4 Å². The fourth-order valence-corrected chi connectivity index (χ4v) is 2.94. The Balaban J connectivity index is 2.00. The van der Waals surface area contributed by atoms with Crippen LogP contribution in [0.2, 0.25) is 0 Å². The van der Waals surface area contributed by atoms with E-state index in [0.717, 1.165) is 28.4 Å². The summed E-state index contributed by atoms with van der Waals surface area (Å²) in [5.74, 6) is 0.629. The van der Waals surface area contributed by atoms with Crippen LogP contribution in [-0.2, 0) is 0 Å². The van der Waals surface area contributed by atoms with Crippen molar-refractivity contribution < 1.29 is 0 Å². The Bertz CT molecular complexity index is 910. The molecule has 2 heteroatoms. The van der Waals surface area contributed by atoms with Crippen LogP contribution in [0.3, 0.4) is 0 Å². The van der Waals surface area contributed by atoms with Gasteiger partial charge in [0, 0.05) is 17.3 Å². The first kappa shape index (κ1) is 17.8. The van der Waals surface area contributed by atoms with E-state index in [0.29, 0.717) is 11.8 Å². The van der Waals surface area contributed by atoms with E-state index in [1.54, 1.807) is 0 Å². The van der Waals surface area contributed by atoms with Gasteiger partial charge in [0.15, 0.2) is 0 Å². The average molecular weight is 340 g/mol. The third-order valence-electron chi connectivity index (χ3n) is 4.47. The van der Waals surface area contributed by atoms with Gasteiger partial charge in [-0.1, -0.05) is 61.5 Å². The number of pyridine rings is 1. The first-order valence-electron chi connectivity index (χ1n) is 8.99. The number of benzene rings is 1. The number of rotatable bonds is 5. The highest BCUT2D eigenvalue weighted by Crippen LogP contribution is 2.24. The maximum Gasteiger partial charge on any atom is 0.0886 e. The summed E-state index contributed by atoms with van der Waals surface area (Å²) in [5.41, 5.74) is 8.12. The molecule has 130 valence electrons. The van der Waals surface area contributed by atoms with Crippen molar-refractivity contribution in [3.8, 4) is 0 Å². The summed E-state index contributed by atoms with van der Waals surface area (Å²) in [4.78, 5) is 9.64. The van der Waals surface area contributed by atoms with Crippen LogP contribution in [0.1, 0.15) is 30.8 Å². The third-order valence-corrected chi connectivity index (χ3v) is 4.47. The fraction of sp³-hybridized carbons (Fsp3) is 0.208. The van der Waals surface area contributed by atoms with Crippen molar-refractivity contribution in [2.45, 2.75) is 20.8 Å². The Hall–Kier alpha value is -2.96. The number of aryl methyl sites for hydroxylation is 1. The molecule has 0 fully saturated rings. The van der Waals surface area contributed by atoms with E-state index in [4.69, 9.17) is 9.98 Å². The van der Waals surface area contributed by atoms with E-state index in [1.807, 2.05) is 56.3 Å². The van der Waals surface area contributed by atoms with Crippen LogP contribution in [0.4, 0.5) is 0 Å². The van der Waals surface area contributed by atoms with Crippen molar-refractivity contribution in [2.24, 2.45) is 16.8 Å². The number of hydrogen-bond acceptors (Lipinski definition) is 2. The van der Waals surface area contributed by atoms with E-state index in [2.05, 4.69) is 49.1 Å². The summed E-state index contributed by atoms with van der Waals surface area (Å²) >= 11 is 0. The van der Waals surface area contributed by atoms with Gasteiger partial charge in [0.2, 0.25) is 0 Å². The second-order valence-electron chi connectivity index (χ2n) is 6.60. The third kappa shape index (κ3) is 4.56. The van der Waals surface area contributed by atoms with Gasteiger partial charge in [0.25, 0.3) is 0 Å². The van der Waals surface area contributed by atoms with Crippen LogP contribution in [0.15, 0.2) is 89.6 Å². The van der Waals surface area contributed by atoms with Crippen molar-refractivity contribution in [3.63, 3.8) is 0 Å². The molecular weight excluding hydrogens is 316 g/mol. The van der Waals surface area contributed by atoms with Gasteiger partial charge < -0.3 is 0 Å². The molecule has 0 bridgehead atoms. The predicted octanol–water partition coefficient (Wildman–Crippen LogP) is 5.77. The smallest absolute Gasteiger partial charge is 0.0886 e. The molecule has 1 aromatic carbocycles. The lowest BCUT2D eigenvalue weighted by atomic mass is 9.91. The van der Waals surface area contributed by atoms with Gasteiger partial charge in [-0.3, -0.25) is 9.98 Å². The highest BCUT2D eigenvalue weighted by molar-refractivity contribution is 6.01. The minimum absolute atomic E-state index is 0.303. The monoisotopic (exact) mass is 340 g/mol. The molecule has 1 heterocycles. The van der Waals surface area contributed by atoms with Gasteiger partial charge in [-0.05, 0) is 49.6 Å². The summed E-state index contributed by atoms with van der Waals surface area (Å²) in [6.45, 7) is 6.27. The Labute approximate surface area is 156 Å². The molecule has 1 aromatic heterocycles. The van der Waals surface area contributed by atoms with E-state index in [-0.39, 0.29) is 0 Å². The van der Waals surface area contributed by atoms with E-state index in [9.17, 15) is 0 Å². The summed E-state index contributed by atoms with van der Waals surface area (Å²) in [6.07, 6.45) is 10.5. The molecule has 0 spiro atoms. The number of hydrogen-bond donors (Lipinski definition) is 0. The normalized spacial score (nSPS) is 18.2. The van der Waals surface area contributed by atoms with Crippen molar-refractivity contribution in [1.82, 2.24) is 4.98 Å². The summed E-state index contributed by atoms with van der Waals surface area (Å²) in [5, 5.41) is 0. The van der Waals surface area contributed by atoms with Crippen LogP contribution in [0.5, 0.6) is 0 Å². The second-order valence-corrected chi connectivity index (χ2v) is 6.60. The average Bonchev–Trinajstić information content (AvgIpc) is 2.68. The lowest BCUT2D eigenvalue weighted by molar-refractivity contribution is 0.611. The lowest BCUT2D eigenvalue weighted by Crippen LogP contribution is -2.06. The van der Waals surface area contributed by atoms with Crippen LogP contribution >= 0.6 is 0 Å². The van der Waals surface area contributed by atoms with Crippen molar-refractivity contribution in [1.29, 1.82) is 0 Å². The van der Waals surface area contributed by atoms with E-state index in [1.165, 1.54) is 0 Å². The zero-order chi connectivity index (χ0) is 18.4. The zero-order valence-corrected chi connectivity index (χ0v) is 15.6. The molecule has 0 saturated carbocycles. The molecular formula is C24H24N2. The summed E-state index contributed by atoms with van der Waals surface area (Å²) < 4.78 is 0. The van der Waals surface area contributed by atoms with E-state index < -0.39 is 0 Å². The molecule has 26 heavy (non-hydrogen) atoms. The molecule has 0 aliphatic heterocycles. The molecule has 0 amide bonds. The van der Waals surface area contributed by atoms with Gasteiger partial charge in [-0.25, -0.2) is 0 Å². The largest absolute Gasteiger partial charge is 0.252 e. The van der Waals surface area contributed by atoms with Crippen molar-refractivity contribution in [3.05, 3.63) is 102 Å². The second kappa shape index (κ2) is 8.42. The van der Waals surface area contributed by atoms with Gasteiger partial charge in [-0.2, -0.15) is 0 Å². The maximum atomic E-state index is 4.94. The minimum atomic E-state index is 0.303. The fourth-order valence-electron chi connectivity index (χ4n) is 2.94. The van der Waals surface area contributed by atoms with Crippen molar-refractivity contribution >= 4 is 11.4 Å². The topological polar surface area (TPSA) is 25.2 Å². The number of allylic oxidation sites excluding steroid dienone is 4. The van der Waals surface area contributed by atoms with E-state index >= 15 is 0 Å². The standard InChI is InChI=1S/C24H24N2/c1-18(21-12-6-4-7-13-21)17-24(23-16-10-11-19(2)25-23)26-20(3)22-14-8-5-9-15-22/h4-6,8-18,21H,1-3H3/b24-17-,26-20?. The Morgan fingerprint density at radius 3 is 2.65 bits per heavy atom. The van der Waals surface area contributed by atoms with Crippen LogP contribution < -0.4 is 0 Å². The summed E-state index contributed by atoms with van der Waals surface area (Å²) in [6, 6.07) is 16.3. The van der Waals surface area contributed by atoms with Gasteiger partial charge >= 0.3 is 0 Å². The van der Waals surface area contributed by atoms with Gasteiger partial charge in [-0.15, -0.1) is 5.73 Å². The molecule has 0 saturated heterocycles. The molecule has 2 nitrogen and oxygen atoms in total. The Kier molecular flexibility index (Phi) is 5.78. The number of aliphatic imine (C=N–C) groups is 1. The number of aromatic nitrogens is 1. The van der Waals surface area contributed by atoms with Crippen LogP contribution in [-0.4, -0.2) is 10.7 Å². The molecule has 2 unspecified atom stereocenters. The Morgan fingerprint density at radius 2 is 1.96 bits per heavy atom.